The molecule has 2 aromatic carbocycles. The summed E-state index contributed by atoms with van der Waals surface area (Å²) in [6, 6.07) is 14.7. The number of fused-ring (bicyclic) bond motifs is 1. The predicted molar refractivity (Wildman–Crippen MR) is 79.2 cm³/mol. The molecule has 0 N–H and O–H groups in total. The molecule has 0 saturated carbocycles. The van der Waals surface area contributed by atoms with Crippen LogP contribution in [-0.4, -0.2) is 5.78 Å². The van der Waals surface area contributed by atoms with Crippen LogP contribution in [0.4, 0.5) is 4.39 Å². The van der Waals surface area contributed by atoms with E-state index in [0.717, 1.165) is 18.4 Å². The summed E-state index contributed by atoms with van der Waals surface area (Å²) in [7, 11) is 0. The van der Waals surface area contributed by atoms with Crippen molar-refractivity contribution < 1.29 is 9.18 Å². The maximum absolute atomic E-state index is 12.1. The lowest BCUT2D eigenvalue weighted by atomic mass is 10.0. The molecule has 1 aliphatic rings. The van der Waals surface area contributed by atoms with Gasteiger partial charge in [-0.05, 0) is 49.9 Å². The number of rotatable bonds is 1. The van der Waals surface area contributed by atoms with E-state index in [9.17, 15) is 9.18 Å². The van der Waals surface area contributed by atoms with Gasteiger partial charge in [-0.1, -0.05) is 42.0 Å². The third kappa shape index (κ3) is 3.77. The smallest absolute Gasteiger partial charge is 0.133 e. The summed E-state index contributed by atoms with van der Waals surface area (Å²) < 4.78 is 12.1. The summed E-state index contributed by atoms with van der Waals surface area (Å²) in [5, 5.41) is 0. The molecule has 0 amide bonds. The zero-order chi connectivity index (χ0) is 14.5. The summed E-state index contributed by atoms with van der Waals surface area (Å²) >= 11 is 0. The van der Waals surface area contributed by atoms with E-state index in [0.29, 0.717) is 5.78 Å². The summed E-state index contributed by atoms with van der Waals surface area (Å²) in [5.74, 6) is 0.407. The van der Waals surface area contributed by atoms with Gasteiger partial charge < -0.3 is 0 Å². The molecule has 0 bridgehead atoms. The van der Waals surface area contributed by atoms with Crippen molar-refractivity contribution in [3.8, 4) is 0 Å². The molecule has 0 saturated heterocycles. The van der Waals surface area contributed by atoms with Crippen molar-refractivity contribution in [3.63, 3.8) is 0 Å². The average molecular weight is 270 g/mol. The van der Waals surface area contributed by atoms with Crippen LogP contribution in [0.3, 0.4) is 0 Å². The molecule has 1 aliphatic carbocycles. The van der Waals surface area contributed by atoms with Crippen LogP contribution >= 0.6 is 0 Å². The SMILES string of the molecule is CC(=O)C1Cc2ccccc2C1.Cc1ccc(F)cc1. The predicted octanol–water partition coefficient (Wildman–Crippen LogP) is 4.12. The maximum atomic E-state index is 12.1. The summed E-state index contributed by atoms with van der Waals surface area (Å²) in [6.45, 7) is 3.62. The molecule has 2 heteroatoms. The van der Waals surface area contributed by atoms with E-state index in [-0.39, 0.29) is 11.7 Å². The molecule has 2 aromatic rings. The molecular weight excluding hydrogens is 251 g/mol. The number of benzene rings is 2. The van der Waals surface area contributed by atoms with Crippen molar-refractivity contribution >= 4 is 5.78 Å². The number of aryl methyl sites for hydroxylation is 1. The lowest BCUT2D eigenvalue weighted by molar-refractivity contribution is -0.120. The highest BCUT2D eigenvalue weighted by atomic mass is 19.1. The molecular formula is C18H19FO. The molecule has 104 valence electrons. The van der Waals surface area contributed by atoms with Crippen molar-refractivity contribution in [2.45, 2.75) is 26.7 Å². The average Bonchev–Trinajstić information content (AvgIpc) is 2.87. The Hall–Kier alpha value is -1.96. The molecule has 0 fully saturated rings. The van der Waals surface area contributed by atoms with Crippen molar-refractivity contribution in [2.75, 3.05) is 0 Å². The highest BCUT2D eigenvalue weighted by Gasteiger charge is 2.23. The molecule has 0 atom stereocenters. The van der Waals surface area contributed by atoms with Crippen LogP contribution in [0.25, 0.3) is 0 Å². The van der Waals surface area contributed by atoms with Crippen LogP contribution in [0.5, 0.6) is 0 Å². The first kappa shape index (κ1) is 14.4. The van der Waals surface area contributed by atoms with Gasteiger partial charge >= 0.3 is 0 Å². The van der Waals surface area contributed by atoms with Crippen LogP contribution in [0.2, 0.25) is 0 Å². The van der Waals surface area contributed by atoms with E-state index in [1.807, 2.05) is 19.1 Å². The molecule has 0 aliphatic heterocycles. The Labute approximate surface area is 119 Å². The van der Waals surface area contributed by atoms with Crippen LogP contribution in [0, 0.1) is 18.7 Å². The van der Waals surface area contributed by atoms with E-state index in [4.69, 9.17) is 0 Å². The van der Waals surface area contributed by atoms with Gasteiger partial charge in [-0.3, -0.25) is 4.79 Å². The highest BCUT2D eigenvalue weighted by Crippen LogP contribution is 2.26. The Balaban J connectivity index is 0.000000160. The van der Waals surface area contributed by atoms with Crippen LogP contribution in [0.15, 0.2) is 48.5 Å². The number of halogens is 1. The minimum absolute atomic E-state index is 0.171. The van der Waals surface area contributed by atoms with Gasteiger partial charge in [0.2, 0.25) is 0 Å². The first-order valence-electron chi connectivity index (χ1n) is 6.85. The van der Waals surface area contributed by atoms with Gasteiger partial charge in [0.15, 0.2) is 0 Å². The topological polar surface area (TPSA) is 17.1 Å². The standard InChI is InChI=1S/C11H12O.C7H7F/c1-8(12)11-6-9-4-2-3-5-10(9)7-11;1-6-2-4-7(8)5-3-6/h2-5,11H,6-7H2,1H3;2-5H,1H3. The second-order valence-electron chi connectivity index (χ2n) is 5.28. The molecule has 0 unspecified atom stereocenters. The normalized spacial score (nSPS) is 13.3. The minimum Gasteiger partial charge on any atom is -0.300 e. The third-order valence-electron chi connectivity index (χ3n) is 3.64. The van der Waals surface area contributed by atoms with Crippen molar-refractivity contribution in [1.82, 2.24) is 0 Å². The zero-order valence-corrected chi connectivity index (χ0v) is 11.9. The quantitative estimate of drug-likeness (QED) is 0.761. The Kier molecular flexibility index (Phi) is 4.67. The van der Waals surface area contributed by atoms with Gasteiger partial charge in [0.05, 0.1) is 0 Å². The number of ketones is 1. The Morgan fingerprint density at radius 3 is 1.90 bits per heavy atom. The number of hydrogen-bond donors (Lipinski definition) is 0. The second kappa shape index (κ2) is 6.47. The number of hydrogen-bond acceptors (Lipinski definition) is 1. The van der Waals surface area contributed by atoms with Crippen molar-refractivity contribution in [2.24, 2.45) is 5.92 Å². The lowest BCUT2D eigenvalue weighted by Gasteiger charge is -2.00. The van der Waals surface area contributed by atoms with Gasteiger partial charge in [-0.2, -0.15) is 0 Å². The molecule has 0 aromatic heterocycles. The number of carbonyl (C=O) groups is 1. The lowest BCUT2D eigenvalue weighted by Crippen LogP contribution is -2.09. The molecule has 0 heterocycles. The summed E-state index contributed by atoms with van der Waals surface area (Å²) in [4.78, 5) is 11.1. The van der Waals surface area contributed by atoms with Crippen molar-refractivity contribution in [1.29, 1.82) is 0 Å². The van der Waals surface area contributed by atoms with Gasteiger partial charge in [0.25, 0.3) is 0 Å². The second-order valence-corrected chi connectivity index (χ2v) is 5.28. The fourth-order valence-electron chi connectivity index (χ4n) is 2.38. The van der Waals surface area contributed by atoms with Gasteiger partial charge in [-0.25, -0.2) is 4.39 Å². The Morgan fingerprint density at radius 1 is 1.00 bits per heavy atom. The monoisotopic (exact) mass is 270 g/mol. The van der Waals surface area contributed by atoms with Gasteiger partial charge in [0, 0.05) is 5.92 Å². The first-order chi connectivity index (χ1) is 9.56. The first-order valence-corrected chi connectivity index (χ1v) is 6.85. The molecule has 20 heavy (non-hydrogen) atoms. The fraction of sp³-hybridized carbons (Fsp3) is 0.278. The van der Waals surface area contributed by atoms with Gasteiger partial charge in [-0.15, -0.1) is 0 Å². The fourth-order valence-corrected chi connectivity index (χ4v) is 2.38. The third-order valence-corrected chi connectivity index (χ3v) is 3.64. The Bertz CT molecular complexity index is 541. The van der Waals surface area contributed by atoms with E-state index < -0.39 is 0 Å². The maximum Gasteiger partial charge on any atom is 0.133 e. The molecule has 0 spiro atoms. The summed E-state index contributed by atoms with van der Waals surface area (Å²) in [6.07, 6.45) is 1.90. The van der Waals surface area contributed by atoms with Gasteiger partial charge in [0.1, 0.15) is 11.6 Å². The van der Waals surface area contributed by atoms with E-state index in [2.05, 4.69) is 12.1 Å². The molecule has 1 nitrogen and oxygen atoms in total. The van der Waals surface area contributed by atoms with Crippen LogP contribution < -0.4 is 0 Å². The van der Waals surface area contributed by atoms with Crippen molar-refractivity contribution in [3.05, 3.63) is 71.0 Å². The number of carbonyl (C=O) groups excluding carboxylic acids is 1. The van der Waals surface area contributed by atoms with Crippen LogP contribution in [0.1, 0.15) is 23.6 Å². The Morgan fingerprint density at radius 2 is 1.50 bits per heavy atom. The van der Waals surface area contributed by atoms with E-state index >= 15 is 0 Å². The molecule has 3 rings (SSSR count). The van der Waals surface area contributed by atoms with E-state index in [1.54, 1.807) is 19.1 Å². The van der Waals surface area contributed by atoms with Crippen LogP contribution in [-0.2, 0) is 17.6 Å². The number of Topliss-reactive ketones (excluding diaryl/α,β-unsaturated/α-hetero) is 1. The largest absolute Gasteiger partial charge is 0.300 e. The zero-order valence-electron chi connectivity index (χ0n) is 11.9. The summed E-state index contributed by atoms with van der Waals surface area (Å²) in [5.41, 5.74) is 3.81. The molecule has 0 radical (unpaired) electrons. The van der Waals surface area contributed by atoms with E-state index in [1.165, 1.54) is 23.3 Å². The highest BCUT2D eigenvalue weighted by molar-refractivity contribution is 5.79. The minimum atomic E-state index is -0.171.